The summed E-state index contributed by atoms with van der Waals surface area (Å²) in [6, 6.07) is 0.611. The molecule has 0 spiro atoms. The van der Waals surface area contributed by atoms with Gasteiger partial charge in [0.1, 0.15) is 0 Å². The summed E-state index contributed by atoms with van der Waals surface area (Å²) in [5.74, 6) is 1.16. The van der Waals surface area contributed by atoms with Gasteiger partial charge in [-0.15, -0.1) is 0 Å². The molecule has 0 unspecified atom stereocenters. The summed E-state index contributed by atoms with van der Waals surface area (Å²) in [4.78, 5) is 15.2. The lowest BCUT2D eigenvalue weighted by Crippen LogP contribution is -2.35. The zero-order valence-electron chi connectivity index (χ0n) is 13.7. The molecule has 0 aromatic carbocycles. The maximum absolute atomic E-state index is 5.44. The normalized spacial score (nSPS) is 10.8. The van der Waals surface area contributed by atoms with Gasteiger partial charge < -0.3 is 19.7 Å². The van der Waals surface area contributed by atoms with Crippen molar-refractivity contribution < 1.29 is 9.47 Å². The van der Waals surface area contributed by atoms with E-state index in [-0.39, 0.29) is 6.04 Å². The van der Waals surface area contributed by atoms with Crippen LogP contribution >= 0.6 is 0 Å². The van der Waals surface area contributed by atoms with E-state index in [9.17, 15) is 0 Å². The minimum Gasteiger partial charge on any atom is -0.464 e. The maximum Gasteiger partial charge on any atom is 0.323 e. The molecule has 0 saturated heterocycles. The molecule has 0 fully saturated rings. The van der Waals surface area contributed by atoms with Crippen LogP contribution in [0.2, 0.25) is 0 Å². The van der Waals surface area contributed by atoms with E-state index in [0.29, 0.717) is 31.1 Å². The van der Waals surface area contributed by atoms with Crippen LogP contribution in [0, 0.1) is 0 Å². The first-order chi connectivity index (χ1) is 10.1. The van der Waals surface area contributed by atoms with Crippen molar-refractivity contribution in [1.29, 1.82) is 0 Å². The first kappa shape index (κ1) is 17.4. The Bertz CT molecular complexity index is 414. The molecule has 0 aliphatic heterocycles. The number of rotatable bonds is 10. The highest BCUT2D eigenvalue weighted by molar-refractivity contribution is 5.39. The van der Waals surface area contributed by atoms with Gasteiger partial charge in [0, 0.05) is 26.2 Å². The van der Waals surface area contributed by atoms with E-state index < -0.39 is 0 Å². The molecule has 1 rings (SSSR count). The summed E-state index contributed by atoms with van der Waals surface area (Å²) in [5, 5.41) is 3.18. The lowest BCUT2D eigenvalue weighted by atomic mass is 10.3. The molecule has 1 heterocycles. The molecule has 1 N–H and O–H groups in total. The number of ether oxygens (including phenoxy) is 2. The molecule has 1 aromatic rings. The van der Waals surface area contributed by atoms with E-state index in [1.165, 1.54) is 0 Å². The molecular formula is C14H27N5O2. The van der Waals surface area contributed by atoms with E-state index in [4.69, 9.17) is 9.47 Å². The Hall–Kier alpha value is -1.63. The first-order valence-corrected chi connectivity index (χ1v) is 7.50. The molecule has 0 aliphatic rings. The van der Waals surface area contributed by atoms with E-state index in [0.717, 1.165) is 19.5 Å². The van der Waals surface area contributed by atoms with Gasteiger partial charge in [-0.2, -0.15) is 15.0 Å². The molecule has 0 bridgehead atoms. The lowest BCUT2D eigenvalue weighted by Gasteiger charge is -2.26. The zero-order valence-corrected chi connectivity index (χ0v) is 13.7. The van der Waals surface area contributed by atoms with Crippen molar-refractivity contribution in [2.75, 3.05) is 43.6 Å². The van der Waals surface area contributed by atoms with Crippen molar-refractivity contribution in [3.05, 3.63) is 0 Å². The van der Waals surface area contributed by atoms with Crippen LogP contribution in [0.15, 0.2) is 0 Å². The maximum atomic E-state index is 5.44. The summed E-state index contributed by atoms with van der Waals surface area (Å²) < 4.78 is 10.6. The van der Waals surface area contributed by atoms with Gasteiger partial charge in [0.05, 0.1) is 13.2 Å². The van der Waals surface area contributed by atoms with Crippen molar-refractivity contribution in [3.8, 4) is 6.01 Å². The third kappa shape index (κ3) is 5.71. The second-order valence-corrected chi connectivity index (χ2v) is 4.88. The number of nitrogens with one attached hydrogen (secondary N) is 1. The molecule has 0 amide bonds. The van der Waals surface area contributed by atoms with Gasteiger partial charge in [-0.25, -0.2) is 0 Å². The molecular weight excluding hydrogens is 270 g/mol. The summed E-state index contributed by atoms with van der Waals surface area (Å²) in [6.07, 6.45) is 1.00. The molecule has 21 heavy (non-hydrogen) atoms. The molecule has 1 aromatic heterocycles. The van der Waals surface area contributed by atoms with Crippen LogP contribution in [0.4, 0.5) is 11.9 Å². The van der Waals surface area contributed by atoms with E-state index in [2.05, 4.69) is 45.9 Å². The summed E-state index contributed by atoms with van der Waals surface area (Å²) in [5.41, 5.74) is 0. The van der Waals surface area contributed by atoms with Crippen molar-refractivity contribution in [2.24, 2.45) is 0 Å². The van der Waals surface area contributed by atoms with E-state index in [1.807, 2.05) is 6.92 Å². The third-order valence-corrected chi connectivity index (χ3v) is 2.83. The molecule has 0 saturated carbocycles. The van der Waals surface area contributed by atoms with Crippen molar-refractivity contribution in [2.45, 2.75) is 40.2 Å². The van der Waals surface area contributed by atoms with Crippen LogP contribution in [-0.2, 0) is 4.74 Å². The first-order valence-electron chi connectivity index (χ1n) is 7.50. The summed E-state index contributed by atoms with van der Waals surface area (Å²) in [7, 11) is 1.69. The van der Waals surface area contributed by atoms with Crippen molar-refractivity contribution in [1.82, 2.24) is 15.0 Å². The number of anilines is 2. The Morgan fingerprint density at radius 1 is 1.19 bits per heavy atom. The van der Waals surface area contributed by atoms with Gasteiger partial charge in [0.25, 0.3) is 0 Å². The molecule has 0 aliphatic carbocycles. The predicted octanol–water partition coefficient (Wildman–Crippen LogP) is 1.95. The highest BCUT2D eigenvalue weighted by Crippen LogP contribution is 2.17. The Balaban J connectivity index is 3.02. The van der Waals surface area contributed by atoms with Gasteiger partial charge in [-0.3, -0.25) is 0 Å². The molecule has 0 radical (unpaired) electrons. The van der Waals surface area contributed by atoms with Gasteiger partial charge in [0.2, 0.25) is 11.9 Å². The Kier molecular flexibility index (Phi) is 7.74. The number of methoxy groups -OCH3 is 1. The highest BCUT2D eigenvalue weighted by Gasteiger charge is 2.16. The fourth-order valence-corrected chi connectivity index (χ4v) is 1.76. The van der Waals surface area contributed by atoms with Crippen LogP contribution in [0.1, 0.15) is 34.1 Å². The molecule has 120 valence electrons. The number of aromatic nitrogens is 3. The summed E-state index contributed by atoms with van der Waals surface area (Å²) in [6.45, 7) is 10.9. The second-order valence-electron chi connectivity index (χ2n) is 4.88. The van der Waals surface area contributed by atoms with E-state index >= 15 is 0 Å². The second kappa shape index (κ2) is 9.33. The standard InChI is InChI=1S/C14H27N5O2/c1-6-8-15-12-16-13(18-14(17-12)21-7-2)19(11(3)4)9-10-20-5/h11H,6-10H2,1-5H3,(H,15,16,17,18). The lowest BCUT2D eigenvalue weighted by molar-refractivity contribution is 0.203. The van der Waals surface area contributed by atoms with E-state index in [1.54, 1.807) is 7.11 Å². The quantitative estimate of drug-likeness (QED) is 0.707. The number of hydrogen-bond acceptors (Lipinski definition) is 7. The van der Waals surface area contributed by atoms with Crippen LogP contribution < -0.4 is 15.0 Å². The number of hydrogen-bond donors (Lipinski definition) is 1. The SMILES string of the molecule is CCCNc1nc(OCC)nc(N(CCOC)C(C)C)n1. The highest BCUT2D eigenvalue weighted by atomic mass is 16.5. The van der Waals surface area contributed by atoms with Gasteiger partial charge in [0.15, 0.2) is 0 Å². The van der Waals surface area contributed by atoms with Crippen molar-refractivity contribution >= 4 is 11.9 Å². The van der Waals surface area contributed by atoms with Gasteiger partial charge >= 0.3 is 6.01 Å². The molecule has 7 nitrogen and oxygen atoms in total. The average Bonchev–Trinajstić information content (AvgIpc) is 2.45. The van der Waals surface area contributed by atoms with Crippen LogP contribution in [-0.4, -0.2) is 54.4 Å². The van der Waals surface area contributed by atoms with Gasteiger partial charge in [-0.05, 0) is 27.2 Å². The monoisotopic (exact) mass is 297 g/mol. The molecule has 7 heteroatoms. The minimum atomic E-state index is 0.260. The predicted molar refractivity (Wildman–Crippen MR) is 84.1 cm³/mol. The minimum absolute atomic E-state index is 0.260. The van der Waals surface area contributed by atoms with Crippen LogP contribution in [0.3, 0.4) is 0 Å². The topological polar surface area (TPSA) is 72.4 Å². The Labute approximate surface area is 127 Å². The Morgan fingerprint density at radius 3 is 2.52 bits per heavy atom. The largest absolute Gasteiger partial charge is 0.464 e. The fourth-order valence-electron chi connectivity index (χ4n) is 1.76. The smallest absolute Gasteiger partial charge is 0.323 e. The van der Waals surface area contributed by atoms with Crippen LogP contribution in [0.5, 0.6) is 6.01 Å². The van der Waals surface area contributed by atoms with Gasteiger partial charge in [-0.1, -0.05) is 6.92 Å². The van der Waals surface area contributed by atoms with Crippen LogP contribution in [0.25, 0.3) is 0 Å². The zero-order chi connectivity index (χ0) is 15.7. The third-order valence-electron chi connectivity index (χ3n) is 2.83. The average molecular weight is 297 g/mol. The Morgan fingerprint density at radius 2 is 1.95 bits per heavy atom. The summed E-state index contributed by atoms with van der Waals surface area (Å²) >= 11 is 0. The number of nitrogens with zero attached hydrogens (tertiary/aromatic N) is 4. The fraction of sp³-hybridized carbons (Fsp3) is 0.786. The molecule has 0 atom stereocenters. The van der Waals surface area contributed by atoms with Crippen molar-refractivity contribution in [3.63, 3.8) is 0 Å².